The fourth-order valence-corrected chi connectivity index (χ4v) is 3.40. The number of nitrogens with two attached hydrogens (primary N) is 1. The second-order valence-corrected chi connectivity index (χ2v) is 7.70. The van der Waals surface area contributed by atoms with Crippen LogP contribution in [0.25, 0.3) is 0 Å². The molecule has 0 aliphatic carbocycles. The molecule has 2 rings (SSSR count). The van der Waals surface area contributed by atoms with Gasteiger partial charge in [0.15, 0.2) is 0 Å². The fraction of sp³-hybridized carbons (Fsp3) is 0.375. The van der Waals surface area contributed by atoms with Crippen molar-refractivity contribution in [1.82, 2.24) is 0 Å². The van der Waals surface area contributed by atoms with Crippen molar-refractivity contribution in [3.8, 4) is 0 Å². The van der Waals surface area contributed by atoms with Crippen molar-refractivity contribution < 1.29 is 0 Å². The van der Waals surface area contributed by atoms with Gasteiger partial charge in [-0.15, -0.1) is 23.1 Å². The number of thioether (sulfide) groups is 1. The smallest absolute Gasteiger partial charge is 0.0646 e. The van der Waals surface area contributed by atoms with Crippen LogP contribution >= 0.6 is 23.1 Å². The van der Waals surface area contributed by atoms with E-state index in [-0.39, 0.29) is 11.5 Å². The molecule has 1 unspecified atom stereocenters. The first kappa shape index (κ1) is 14.6. The molecular formula is C16H21NS2. The van der Waals surface area contributed by atoms with Gasteiger partial charge in [-0.05, 0) is 41.5 Å². The largest absolute Gasteiger partial charge is 0.320 e. The molecule has 0 aliphatic heterocycles. The Morgan fingerprint density at radius 3 is 2.16 bits per heavy atom. The number of hydrogen-bond donors (Lipinski definition) is 1. The number of thiophene rings is 1. The number of hydrogen-bond acceptors (Lipinski definition) is 3. The van der Waals surface area contributed by atoms with Crippen LogP contribution in [-0.4, -0.2) is 6.26 Å². The molecule has 0 saturated carbocycles. The summed E-state index contributed by atoms with van der Waals surface area (Å²) in [5.74, 6) is 0. The lowest BCUT2D eigenvalue weighted by Crippen LogP contribution is -2.10. The summed E-state index contributed by atoms with van der Waals surface area (Å²) in [4.78, 5) is 3.90. The molecule has 1 heterocycles. The molecule has 0 radical (unpaired) electrons. The van der Waals surface area contributed by atoms with E-state index in [4.69, 9.17) is 5.73 Å². The number of rotatable bonds is 3. The monoisotopic (exact) mass is 291 g/mol. The van der Waals surface area contributed by atoms with E-state index in [1.165, 1.54) is 20.2 Å². The third-order valence-corrected chi connectivity index (χ3v) is 5.49. The van der Waals surface area contributed by atoms with E-state index in [0.29, 0.717) is 0 Å². The van der Waals surface area contributed by atoms with Gasteiger partial charge in [0.05, 0.1) is 6.04 Å². The van der Waals surface area contributed by atoms with Gasteiger partial charge in [0.1, 0.15) is 0 Å². The van der Waals surface area contributed by atoms with E-state index in [1.54, 1.807) is 11.8 Å². The van der Waals surface area contributed by atoms with Crippen molar-refractivity contribution in [1.29, 1.82) is 0 Å². The lowest BCUT2D eigenvalue weighted by atomic mass is 9.95. The van der Waals surface area contributed by atoms with Crippen LogP contribution in [0.15, 0.2) is 41.3 Å². The summed E-state index contributed by atoms with van der Waals surface area (Å²) in [5, 5.41) is 0. The van der Waals surface area contributed by atoms with Gasteiger partial charge in [-0.1, -0.05) is 32.9 Å². The Balaban J connectivity index is 2.23. The molecule has 0 fully saturated rings. The minimum absolute atomic E-state index is 0.0167. The normalized spacial score (nSPS) is 13.5. The molecule has 0 bridgehead atoms. The highest BCUT2D eigenvalue weighted by atomic mass is 32.2. The lowest BCUT2D eigenvalue weighted by Gasteiger charge is -2.16. The Kier molecular flexibility index (Phi) is 4.39. The molecule has 102 valence electrons. The summed E-state index contributed by atoms with van der Waals surface area (Å²) >= 11 is 3.58. The minimum Gasteiger partial charge on any atom is -0.320 e. The van der Waals surface area contributed by atoms with Crippen LogP contribution in [0.4, 0.5) is 0 Å². The topological polar surface area (TPSA) is 26.0 Å². The summed E-state index contributed by atoms with van der Waals surface area (Å²) < 4.78 is 0. The van der Waals surface area contributed by atoms with Crippen molar-refractivity contribution in [2.45, 2.75) is 37.1 Å². The Morgan fingerprint density at radius 1 is 1.05 bits per heavy atom. The summed E-state index contributed by atoms with van der Waals surface area (Å²) in [6.45, 7) is 6.71. The third kappa shape index (κ3) is 3.41. The fourth-order valence-electron chi connectivity index (χ4n) is 1.90. The van der Waals surface area contributed by atoms with Crippen LogP contribution in [0.2, 0.25) is 0 Å². The zero-order valence-corrected chi connectivity index (χ0v) is 13.6. The van der Waals surface area contributed by atoms with E-state index in [2.05, 4.69) is 63.4 Å². The molecule has 19 heavy (non-hydrogen) atoms. The summed E-state index contributed by atoms with van der Waals surface area (Å²) in [6, 6.07) is 12.9. The predicted molar refractivity (Wildman–Crippen MR) is 87.3 cm³/mol. The summed E-state index contributed by atoms with van der Waals surface area (Å²) in [6.07, 6.45) is 2.09. The molecule has 2 N–H and O–H groups in total. The highest BCUT2D eigenvalue weighted by Gasteiger charge is 2.18. The van der Waals surface area contributed by atoms with Crippen LogP contribution in [0, 0.1) is 0 Å². The van der Waals surface area contributed by atoms with Gasteiger partial charge < -0.3 is 5.73 Å². The van der Waals surface area contributed by atoms with Crippen LogP contribution in [0.5, 0.6) is 0 Å². The van der Waals surface area contributed by atoms with Crippen LogP contribution in [0.3, 0.4) is 0 Å². The molecule has 0 saturated heterocycles. The average molecular weight is 291 g/mol. The molecule has 1 atom stereocenters. The zero-order chi connectivity index (χ0) is 14.0. The second kappa shape index (κ2) is 5.70. The second-order valence-electron chi connectivity index (χ2n) is 5.70. The quantitative estimate of drug-likeness (QED) is 0.821. The van der Waals surface area contributed by atoms with Gasteiger partial charge in [-0.3, -0.25) is 0 Å². The highest BCUT2D eigenvalue weighted by molar-refractivity contribution is 7.98. The first-order valence-corrected chi connectivity index (χ1v) is 8.45. The lowest BCUT2D eigenvalue weighted by molar-refractivity contribution is 0.604. The van der Waals surface area contributed by atoms with Crippen molar-refractivity contribution in [3.63, 3.8) is 0 Å². The first-order chi connectivity index (χ1) is 8.91. The molecule has 3 heteroatoms. The molecule has 1 aromatic heterocycles. The SMILES string of the molecule is CSc1ccc(C(N)c2ccc(C(C)(C)C)s2)cc1. The number of benzene rings is 1. The summed E-state index contributed by atoms with van der Waals surface area (Å²) in [5.41, 5.74) is 7.75. The third-order valence-electron chi connectivity index (χ3n) is 3.15. The van der Waals surface area contributed by atoms with Crippen molar-refractivity contribution in [2.75, 3.05) is 6.26 Å². The zero-order valence-electron chi connectivity index (χ0n) is 11.9. The molecule has 1 nitrogen and oxygen atoms in total. The Morgan fingerprint density at radius 2 is 1.68 bits per heavy atom. The van der Waals surface area contributed by atoms with Crippen molar-refractivity contribution in [3.05, 3.63) is 51.7 Å². The van der Waals surface area contributed by atoms with Crippen molar-refractivity contribution in [2.24, 2.45) is 5.73 Å². The molecule has 1 aromatic carbocycles. The van der Waals surface area contributed by atoms with Crippen LogP contribution in [-0.2, 0) is 5.41 Å². The standard InChI is InChI=1S/C16H21NS2/c1-16(2,3)14-10-9-13(19-14)15(17)11-5-7-12(18-4)8-6-11/h5-10,15H,17H2,1-4H3. The van der Waals surface area contributed by atoms with E-state index in [9.17, 15) is 0 Å². The Labute approximate surface area is 124 Å². The summed E-state index contributed by atoms with van der Waals surface area (Å²) in [7, 11) is 0. The molecule has 2 aromatic rings. The molecule has 0 aliphatic rings. The predicted octanol–water partition coefficient (Wildman–Crippen LogP) is 4.82. The average Bonchev–Trinajstić information content (AvgIpc) is 2.87. The minimum atomic E-state index is -0.0167. The van der Waals surface area contributed by atoms with Crippen LogP contribution < -0.4 is 5.73 Å². The highest BCUT2D eigenvalue weighted by Crippen LogP contribution is 2.33. The van der Waals surface area contributed by atoms with Gasteiger partial charge >= 0.3 is 0 Å². The van der Waals surface area contributed by atoms with Gasteiger partial charge in [0.25, 0.3) is 0 Å². The van der Waals surface area contributed by atoms with Crippen molar-refractivity contribution >= 4 is 23.1 Å². The first-order valence-electron chi connectivity index (χ1n) is 6.41. The van der Waals surface area contributed by atoms with E-state index >= 15 is 0 Å². The van der Waals surface area contributed by atoms with E-state index < -0.39 is 0 Å². The maximum absolute atomic E-state index is 6.37. The van der Waals surface area contributed by atoms with Gasteiger partial charge in [-0.2, -0.15) is 0 Å². The van der Waals surface area contributed by atoms with Gasteiger partial charge in [-0.25, -0.2) is 0 Å². The van der Waals surface area contributed by atoms with Gasteiger partial charge in [0, 0.05) is 14.6 Å². The maximum Gasteiger partial charge on any atom is 0.0646 e. The Bertz CT molecular complexity index is 535. The molecule has 0 spiro atoms. The van der Waals surface area contributed by atoms with Crippen LogP contribution in [0.1, 0.15) is 42.1 Å². The Hall–Kier alpha value is -0.770. The molecular weight excluding hydrogens is 270 g/mol. The maximum atomic E-state index is 6.37. The molecule has 0 amide bonds. The van der Waals surface area contributed by atoms with E-state index in [0.717, 1.165) is 0 Å². The van der Waals surface area contributed by atoms with Gasteiger partial charge in [0.2, 0.25) is 0 Å². The van der Waals surface area contributed by atoms with E-state index in [1.807, 2.05) is 11.3 Å².